The molecule has 1 fully saturated rings. The molecule has 2 N–H and O–H groups in total. The van der Waals surface area contributed by atoms with E-state index in [1.54, 1.807) is 0 Å². The Bertz CT molecular complexity index is 198. The van der Waals surface area contributed by atoms with Gasteiger partial charge >= 0.3 is 29.6 Å². The van der Waals surface area contributed by atoms with Crippen molar-refractivity contribution >= 4 is 5.97 Å². The number of carboxylic acid groups (broad SMARTS) is 1. The molecule has 0 aromatic rings. The number of hydrogen-bond donors (Lipinski definition) is 2. The summed E-state index contributed by atoms with van der Waals surface area (Å²) in [4.78, 5) is 10.5. The van der Waals surface area contributed by atoms with E-state index in [1.807, 2.05) is 13.8 Å². The standard InChI is InChI=1S/C9H17NO3.Na/c1-5(2)3-6-8(11)4-7(10-6)9(12)13;/h5-8,10-11H,3-4H2,1-2H3,(H,12,13);/q;+1/p-1/t6-,7?,8?;/m1./s1. The van der Waals surface area contributed by atoms with E-state index in [0.29, 0.717) is 5.92 Å². The molecule has 14 heavy (non-hydrogen) atoms. The molecule has 76 valence electrons. The minimum absolute atomic E-state index is 0. The molecule has 2 unspecified atom stereocenters. The topological polar surface area (TPSA) is 72.4 Å². The second-order valence-corrected chi connectivity index (χ2v) is 4.08. The van der Waals surface area contributed by atoms with Gasteiger partial charge < -0.3 is 20.3 Å². The monoisotopic (exact) mass is 209 g/mol. The molecule has 0 bridgehead atoms. The summed E-state index contributed by atoms with van der Waals surface area (Å²) in [5, 5.41) is 22.9. The van der Waals surface area contributed by atoms with E-state index in [-0.39, 0.29) is 42.0 Å². The van der Waals surface area contributed by atoms with Gasteiger partial charge in [0.25, 0.3) is 0 Å². The van der Waals surface area contributed by atoms with Crippen molar-refractivity contribution in [3.63, 3.8) is 0 Å². The van der Waals surface area contributed by atoms with Crippen molar-refractivity contribution in [2.45, 2.75) is 44.9 Å². The minimum atomic E-state index is -1.12. The average Bonchev–Trinajstić information content (AvgIpc) is 2.31. The van der Waals surface area contributed by atoms with Crippen LogP contribution in [0.3, 0.4) is 0 Å². The molecule has 0 spiro atoms. The number of nitrogens with one attached hydrogen (secondary N) is 1. The van der Waals surface area contributed by atoms with Crippen LogP contribution in [0.1, 0.15) is 26.7 Å². The molecule has 1 saturated heterocycles. The van der Waals surface area contributed by atoms with Crippen molar-refractivity contribution in [3.8, 4) is 0 Å². The van der Waals surface area contributed by atoms with E-state index in [1.165, 1.54) is 0 Å². The van der Waals surface area contributed by atoms with Gasteiger partial charge in [-0.15, -0.1) is 0 Å². The fourth-order valence-electron chi connectivity index (χ4n) is 1.74. The molecule has 1 heterocycles. The van der Waals surface area contributed by atoms with Gasteiger partial charge in [-0.1, -0.05) is 13.8 Å². The fraction of sp³-hybridized carbons (Fsp3) is 0.889. The Morgan fingerprint density at radius 1 is 1.64 bits per heavy atom. The number of carbonyl (C=O) groups is 1. The number of carboxylic acids is 1. The van der Waals surface area contributed by atoms with Crippen molar-refractivity contribution < 1.29 is 44.6 Å². The summed E-state index contributed by atoms with van der Waals surface area (Å²) < 4.78 is 0. The smallest absolute Gasteiger partial charge is 0.548 e. The summed E-state index contributed by atoms with van der Waals surface area (Å²) in [6.07, 6.45) is 0.510. The third-order valence-corrected chi connectivity index (χ3v) is 2.37. The Morgan fingerprint density at radius 3 is 2.57 bits per heavy atom. The van der Waals surface area contributed by atoms with Gasteiger partial charge in [-0.3, -0.25) is 0 Å². The number of aliphatic hydroxyl groups is 1. The SMILES string of the molecule is CC(C)C[C@H]1NC(C(=O)[O-])CC1O.[Na+]. The zero-order valence-electron chi connectivity index (χ0n) is 8.99. The van der Waals surface area contributed by atoms with Gasteiger partial charge in [-0.2, -0.15) is 0 Å². The van der Waals surface area contributed by atoms with E-state index < -0.39 is 18.1 Å². The van der Waals surface area contributed by atoms with Crippen LogP contribution in [0.4, 0.5) is 0 Å². The Kier molecular flexibility index (Phi) is 6.25. The van der Waals surface area contributed by atoms with Gasteiger partial charge in [0.05, 0.1) is 12.1 Å². The molecular formula is C9H16NNaO3. The third kappa shape index (κ3) is 3.87. The first-order valence-corrected chi connectivity index (χ1v) is 4.65. The van der Waals surface area contributed by atoms with Gasteiger partial charge in [0, 0.05) is 12.1 Å². The Labute approximate surface area is 106 Å². The summed E-state index contributed by atoms with van der Waals surface area (Å²) in [6.45, 7) is 4.08. The molecular weight excluding hydrogens is 193 g/mol. The van der Waals surface area contributed by atoms with Gasteiger partial charge in [-0.05, 0) is 18.8 Å². The number of aliphatic carboxylic acids is 1. The van der Waals surface area contributed by atoms with Gasteiger partial charge in [0.15, 0.2) is 0 Å². The molecule has 0 aromatic carbocycles. The van der Waals surface area contributed by atoms with Crippen LogP contribution in [0.5, 0.6) is 0 Å². The number of carbonyl (C=O) groups excluding carboxylic acids is 1. The zero-order valence-corrected chi connectivity index (χ0v) is 11.0. The van der Waals surface area contributed by atoms with E-state index in [0.717, 1.165) is 6.42 Å². The molecule has 5 heteroatoms. The molecule has 1 aliphatic rings. The van der Waals surface area contributed by atoms with E-state index in [9.17, 15) is 15.0 Å². The van der Waals surface area contributed by atoms with Crippen LogP contribution >= 0.6 is 0 Å². The van der Waals surface area contributed by atoms with Crippen LogP contribution in [0, 0.1) is 5.92 Å². The number of aliphatic hydroxyl groups excluding tert-OH is 1. The normalized spacial score (nSPS) is 31.6. The largest absolute Gasteiger partial charge is 1.00 e. The van der Waals surface area contributed by atoms with Crippen molar-refractivity contribution in [2.24, 2.45) is 5.92 Å². The summed E-state index contributed by atoms with van der Waals surface area (Å²) in [5.74, 6) is -0.669. The van der Waals surface area contributed by atoms with Crippen molar-refractivity contribution in [2.75, 3.05) is 0 Å². The minimum Gasteiger partial charge on any atom is -0.548 e. The van der Waals surface area contributed by atoms with Crippen LogP contribution in [0.15, 0.2) is 0 Å². The van der Waals surface area contributed by atoms with Crippen molar-refractivity contribution in [1.82, 2.24) is 5.32 Å². The average molecular weight is 209 g/mol. The third-order valence-electron chi connectivity index (χ3n) is 2.37. The predicted molar refractivity (Wildman–Crippen MR) is 45.8 cm³/mol. The zero-order chi connectivity index (χ0) is 10.0. The molecule has 0 aromatic heterocycles. The molecule has 1 rings (SSSR count). The summed E-state index contributed by atoms with van der Waals surface area (Å²) in [7, 11) is 0. The van der Waals surface area contributed by atoms with Crippen LogP contribution < -0.4 is 40.0 Å². The summed E-state index contributed by atoms with van der Waals surface area (Å²) in [6, 6.07) is -0.776. The van der Waals surface area contributed by atoms with E-state index >= 15 is 0 Å². The second kappa shape index (κ2) is 6.08. The van der Waals surface area contributed by atoms with Gasteiger partial charge in [-0.25, -0.2) is 0 Å². The van der Waals surface area contributed by atoms with E-state index in [4.69, 9.17) is 0 Å². The molecule has 0 amide bonds. The Hall–Kier alpha value is 0.390. The first-order chi connectivity index (χ1) is 6.00. The predicted octanol–water partition coefficient (Wildman–Crippen LogP) is -4.12. The van der Waals surface area contributed by atoms with Crippen LogP contribution in [0.25, 0.3) is 0 Å². The molecule has 1 aliphatic heterocycles. The maximum Gasteiger partial charge on any atom is 1.00 e. The van der Waals surface area contributed by atoms with Crippen LogP contribution in [-0.2, 0) is 4.79 Å². The van der Waals surface area contributed by atoms with Crippen LogP contribution in [-0.4, -0.2) is 29.3 Å². The second-order valence-electron chi connectivity index (χ2n) is 4.08. The quantitative estimate of drug-likeness (QED) is 0.463. The molecule has 0 radical (unpaired) electrons. The van der Waals surface area contributed by atoms with Crippen molar-refractivity contribution in [1.29, 1.82) is 0 Å². The summed E-state index contributed by atoms with van der Waals surface area (Å²) >= 11 is 0. The Balaban J connectivity index is 0.00000169. The molecule has 3 atom stereocenters. The maximum absolute atomic E-state index is 10.5. The van der Waals surface area contributed by atoms with Crippen LogP contribution in [0.2, 0.25) is 0 Å². The van der Waals surface area contributed by atoms with Gasteiger partial charge in [0.2, 0.25) is 0 Å². The first kappa shape index (κ1) is 14.4. The first-order valence-electron chi connectivity index (χ1n) is 4.65. The summed E-state index contributed by atoms with van der Waals surface area (Å²) in [5.41, 5.74) is 0. The van der Waals surface area contributed by atoms with Gasteiger partial charge in [0.1, 0.15) is 0 Å². The molecule has 0 saturated carbocycles. The van der Waals surface area contributed by atoms with E-state index in [2.05, 4.69) is 5.32 Å². The molecule has 4 nitrogen and oxygen atoms in total. The van der Waals surface area contributed by atoms with Crippen molar-refractivity contribution in [3.05, 3.63) is 0 Å². The Morgan fingerprint density at radius 2 is 2.21 bits per heavy atom. The fourth-order valence-corrected chi connectivity index (χ4v) is 1.74. The maximum atomic E-state index is 10.5. The number of rotatable bonds is 3. The number of hydrogen-bond acceptors (Lipinski definition) is 4. The molecule has 0 aliphatic carbocycles.